The molecule has 0 radical (unpaired) electrons. The van der Waals surface area contributed by atoms with Crippen molar-refractivity contribution in [2.24, 2.45) is 0 Å². The molecular weight excluding hydrogens is 208 g/mol. The fourth-order valence-corrected chi connectivity index (χ4v) is 2.50. The molecule has 4 aromatic rings. The van der Waals surface area contributed by atoms with Gasteiger partial charge in [0.15, 0.2) is 0 Å². The summed E-state index contributed by atoms with van der Waals surface area (Å²) < 4.78 is 0. The summed E-state index contributed by atoms with van der Waals surface area (Å²) >= 11 is 0. The highest BCUT2D eigenvalue weighted by Crippen LogP contribution is 2.29. The summed E-state index contributed by atoms with van der Waals surface area (Å²) in [4.78, 5) is 0. The van der Waals surface area contributed by atoms with Crippen LogP contribution in [0, 0.1) is 0 Å². The summed E-state index contributed by atoms with van der Waals surface area (Å²) in [5.41, 5.74) is 1.12. The van der Waals surface area contributed by atoms with Gasteiger partial charge in [-0.3, -0.25) is 5.10 Å². The van der Waals surface area contributed by atoms with Gasteiger partial charge in [0.25, 0.3) is 0 Å². The van der Waals surface area contributed by atoms with Gasteiger partial charge in [-0.05, 0) is 16.2 Å². The van der Waals surface area contributed by atoms with Gasteiger partial charge in [-0.1, -0.05) is 48.5 Å². The zero-order valence-corrected chi connectivity index (χ0v) is 9.14. The Morgan fingerprint density at radius 2 is 1.53 bits per heavy atom. The first kappa shape index (κ1) is 8.76. The minimum atomic E-state index is 1.12. The highest BCUT2D eigenvalue weighted by atomic mass is 15.1. The first-order valence-corrected chi connectivity index (χ1v) is 5.67. The number of nitrogens with zero attached hydrogens (tertiary/aromatic N) is 1. The van der Waals surface area contributed by atoms with Crippen LogP contribution in [0.1, 0.15) is 0 Å². The molecule has 0 amide bonds. The molecule has 0 saturated heterocycles. The predicted molar refractivity (Wildman–Crippen MR) is 71.1 cm³/mol. The van der Waals surface area contributed by atoms with Crippen LogP contribution in [0.3, 0.4) is 0 Å². The molecule has 0 aliphatic rings. The maximum absolute atomic E-state index is 4.11. The Labute approximate surface area is 97.9 Å². The van der Waals surface area contributed by atoms with Gasteiger partial charge in [0, 0.05) is 10.8 Å². The van der Waals surface area contributed by atoms with Crippen molar-refractivity contribution >= 4 is 32.4 Å². The van der Waals surface area contributed by atoms with Crippen LogP contribution in [-0.2, 0) is 0 Å². The molecule has 3 aromatic carbocycles. The maximum atomic E-state index is 4.11. The minimum Gasteiger partial charge on any atom is -0.277 e. The number of nitrogens with one attached hydrogen (secondary N) is 1. The van der Waals surface area contributed by atoms with Gasteiger partial charge < -0.3 is 0 Å². The van der Waals surface area contributed by atoms with E-state index < -0.39 is 0 Å². The first-order valence-electron chi connectivity index (χ1n) is 5.67. The fraction of sp³-hybridized carbons (Fsp3) is 0. The van der Waals surface area contributed by atoms with E-state index in [9.17, 15) is 0 Å². The number of hydrogen-bond donors (Lipinski definition) is 1. The van der Waals surface area contributed by atoms with Crippen molar-refractivity contribution in [3.05, 3.63) is 54.7 Å². The molecule has 0 bridgehead atoms. The lowest BCUT2D eigenvalue weighted by Gasteiger charge is -2.04. The Bertz CT molecular complexity index is 843. The molecule has 2 nitrogen and oxygen atoms in total. The number of fused-ring (bicyclic) bond motifs is 5. The summed E-state index contributed by atoms with van der Waals surface area (Å²) in [7, 11) is 0. The third kappa shape index (κ3) is 1.12. The van der Waals surface area contributed by atoms with E-state index in [1.165, 1.54) is 21.5 Å². The number of benzene rings is 3. The number of H-pyrrole nitrogens is 1. The summed E-state index contributed by atoms with van der Waals surface area (Å²) in [6, 6.07) is 17.1. The lowest BCUT2D eigenvalue weighted by molar-refractivity contribution is 1.12. The van der Waals surface area contributed by atoms with Gasteiger partial charge in [0.05, 0.1) is 11.7 Å². The highest BCUT2D eigenvalue weighted by molar-refractivity contribution is 6.15. The average Bonchev–Trinajstić information content (AvgIpc) is 2.86. The average molecular weight is 218 g/mol. The van der Waals surface area contributed by atoms with Crippen LogP contribution in [0.4, 0.5) is 0 Å². The van der Waals surface area contributed by atoms with Crippen molar-refractivity contribution in [3.8, 4) is 0 Å². The van der Waals surface area contributed by atoms with Gasteiger partial charge in [-0.25, -0.2) is 0 Å². The van der Waals surface area contributed by atoms with Crippen molar-refractivity contribution in [1.82, 2.24) is 10.2 Å². The Morgan fingerprint density at radius 3 is 2.53 bits per heavy atom. The minimum absolute atomic E-state index is 1.12. The molecule has 17 heavy (non-hydrogen) atoms. The van der Waals surface area contributed by atoms with E-state index in [0.29, 0.717) is 0 Å². The number of hydrogen-bond acceptors (Lipinski definition) is 1. The molecule has 0 aliphatic carbocycles. The van der Waals surface area contributed by atoms with Gasteiger partial charge in [0.2, 0.25) is 0 Å². The zero-order chi connectivity index (χ0) is 11.2. The van der Waals surface area contributed by atoms with E-state index >= 15 is 0 Å². The van der Waals surface area contributed by atoms with Crippen molar-refractivity contribution in [3.63, 3.8) is 0 Å². The van der Waals surface area contributed by atoms with E-state index in [1.807, 2.05) is 6.20 Å². The van der Waals surface area contributed by atoms with E-state index in [0.717, 1.165) is 10.9 Å². The van der Waals surface area contributed by atoms with Gasteiger partial charge in [-0.2, -0.15) is 5.10 Å². The lowest BCUT2D eigenvalue weighted by atomic mass is 10.0. The molecule has 0 fully saturated rings. The van der Waals surface area contributed by atoms with Crippen LogP contribution < -0.4 is 0 Å². The molecule has 0 spiro atoms. The topological polar surface area (TPSA) is 28.7 Å². The Kier molecular flexibility index (Phi) is 1.59. The molecule has 1 heterocycles. The molecule has 80 valence electrons. The smallest absolute Gasteiger partial charge is 0.0728 e. The largest absolute Gasteiger partial charge is 0.277 e. The van der Waals surface area contributed by atoms with Crippen LogP contribution in [-0.4, -0.2) is 10.2 Å². The highest BCUT2D eigenvalue weighted by Gasteiger charge is 2.04. The summed E-state index contributed by atoms with van der Waals surface area (Å²) in [5, 5.41) is 13.4. The van der Waals surface area contributed by atoms with Crippen LogP contribution in [0.5, 0.6) is 0 Å². The van der Waals surface area contributed by atoms with Crippen molar-refractivity contribution in [2.75, 3.05) is 0 Å². The van der Waals surface area contributed by atoms with E-state index in [1.54, 1.807) is 0 Å². The summed E-state index contributed by atoms with van der Waals surface area (Å²) in [5.74, 6) is 0. The Hall–Kier alpha value is -2.35. The molecule has 1 aromatic heterocycles. The third-order valence-electron chi connectivity index (χ3n) is 3.34. The first-order chi connectivity index (χ1) is 8.43. The second-order valence-electron chi connectivity index (χ2n) is 4.28. The monoisotopic (exact) mass is 218 g/mol. The number of rotatable bonds is 0. The summed E-state index contributed by atoms with van der Waals surface area (Å²) in [6.45, 7) is 0. The second kappa shape index (κ2) is 3.08. The third-order valence-corrected chi connectivity index (χ3v) is 3.34. The number of aromatic amines is 1. The van der Waals surface area contributed by atoms with Crippen LogP contribution in [0.25, 0.3) is 32.4 Å². The van der Waals surface area contributed by atoms with Gasteiger partial charge in [-0.15, -0.1) is 0 Å². The molecule has 0 atom stereocenters. The van der Waals surface area contributed by atoms with E-state index in [4.69, 9.17) is 0 Å². The van der Waals surface area contributed by atoms with Crippen LogP contribution in [0.15, 0.2) is 54.7 Å². The molecule has 4 rings (SSSR count). The van der Waals surface area contributed by atoms with Gasteiger partial charge >= 0.3 is 0 Å². The standard InChI is InChI=1S/C15H10N2/c1-2-4-12-10(3-1)5-8-14-13(12)7-6-11-9-16-17-15(11)14/h1-9H,(H,16,17). The van der Waals surface area contributed by atoms with Crippen LogP contribution in [0.2, 0.25) is 0 Å². The van der Waals surface area contributed by atoms with E-state index in [-0.39, 0.29) is 0 Å². The predicted octanol–water partition coefficient (Wildman–Crippen LogP) is 3.87. The molecule has 0 saturated carbocycles. The van der Waals surface area contributed by atoms with Crippen molar-refractivity contribution < 1.29 is 0 Å². The lowest BCUT2D eigenvalue weighted by Crippen LogP contribution is -1.79. The second-order valence-corrected chi connectivity index (χ2v) is 4.28. The Balaban J connectivity index is 2.34. The van der Waals surface area contributed by atoms with E-state index in [2.05, 4.69) is 58.7 Å². The molecule has 0 unspecified atom stereocenters. The SMILES string of the molecule is c1ccc2c(c1)ccc1c2ccc2cn[nH]c21. The normalized spacial score (nSPS) is 11.5. The summed E-state index contributed by atoms with van der Waals surface area (Å²) in [6.07, 6.45) is 1.87. The molecular formula is C15H10N2. The molecule has 0 aliphatic heterocycles. The fourth-order valence-electron chi connectivity index (χ4n) is 2.50. The number of aromatic nitrogens is 2. The van der Waals surface area contributed by atoms with Crippen molar-refractivity contribution in [1.29, 1.82) is 0 Å². The maximum Gasteiger partial charge on any atom is 0.0728 e. The van der Waals surface area contributed by atoms with Gasteiger partial charge in [0.1, 0.15) is 0 Å². The molecule has 1 N–H and O–H groups in total. The van der Waals surface area contributed by atoms with Crippen molar-refractivity contribution in [2.45, 2.75) is 0 Å². The molecule has 2 heteroatoms. The zero-order valence-electron chi connectivity index (χ0n) is 9.14. The van der Waals surface area contributed by atoms with Crippen LogP contribution >= 0.6 is 0 Å². The quantitative estimate of drug-likeness (QED) is 0.446. The Morgan fingerprint density at radius 1 is 0.706 bits per heavy atom.